The highest BCUT2D eigenvalue weighted by Crippen LogP contribution is 2.24. The Morgan fingerprint density at radius 2 is 2.00 bits per heavy atom. The molecule has 0 bridgehead atoms. The minimum atomic E-state index is -3.75. The maximum Gasteiger partial charge on any atom is 0.304 e. The number of thiazole rings is 1. The largest absolute Gasteiger partial charge is 0.481 e. The van der Waals surface area contributed by atoms with Gasteiger partial charge in [0, 0.05) is 13.1 Å². The van der Waals surface area contributed by atoms with Gasteiger partial charge in [0.05, 0.1) is 17.6 Å². The summed E-state index contributed by atoms with van der Waals surface area (Å²) in [6.07, 6.45) is 1.07. The van der Waals surface area contributed by atoms with Gasteiger partial charge in [-0.15, -0.1) is 11.3 Å². The van der Waals surface area contributed by atoms with Crippen molar-refractivity contribution in [2.75, 3.05) is 6.54 Å². The SMILES string of the molecule is Cc1ncc(S(=O)(=O)N(CCC(=O)O)Cc2ccccc2)s1. The van der Waals surface area contributed by atoms with Crippen molar-refractivity contribution < 1.29 is 18.3 Å². The van der Waals surface area contributed by atoms with Crippen LogP contribution >= 0.6 is 11.3 Å². The van der Waals surface area contributed by atoms with Crippen LogP contribution in [0.15, 0.2) is 40.7 Å². The van der Waals surface area contributed by atoms with Crippen molar-refractivity contribution in [2.45, 2.75) is 24.1 Å². The van der Waals surface area contributed by atoms with Crippen LogP contribution in [0.2, 0.25) is 0 Å². The van der Waals surface area contributed by atoms with Gasteiger partial charge in [-0.2, -0.15) is 4.31 Å². The summed E-state index contributed by atoms with van der Waals surface area (Å²) < 4.78 is 26.6. The van der Waals surface area contributed by atoms with E-state index in [1.807, 2.05) is 18.2 Å². The van der Waals surface area contributed by atoms with E-state index in [9.17, 15) is 13.2 Å². The normalized spacial score (nSPS) is 11.7. The molecule has 1 aromatic heterocycles. The van der Waals surface area contributed by atoms with E-state index in [4.69, 9.17) is 5.11 Å². The van der Waals surface area contributed by atoms with Crippen LogP contribution in [0.4, 0.5) is 0 Å². The van der Waals surface area contributed by atoms with Crippen molar-refractivity contribution in [3.05, 3.63) is 47.1 Å². The number of nitrogens with zero attached hydrogens (tertiary/aromatic N) is 2. The van der Waals surface area contributed by atoms with Crippen LogP contribution in [0.3, 0.4) is 0 Å². The Morgan fingerprint density at radius 3 is 2.55 bits per heavy atom. The van der Waals surface area contributed by atoms with Crippen molar-refractivity contribution in [1.82, 2.24) is 9.29 Å². The van der Waals surface area contributed by atoms with Crippen LogP contribution in [0.1, 0.15) is 17.0 Å². The first kappa shape index (κ1) is 16.6. The molecule has 0 radical (unpaired) electrons. The van der Waals surface area contributed by atoms with Gasteiger partial charge in [-0.3, -0.25) is 4.79 Å². The Hall–Kier alpha value is -1.77. The molecule has 0 fully saturated rings. The third-order valence-corrected chi connectivity index (χ3v) is 6.17. The minimum absolute atomic E-state index is 0.0799. The lowest BCUT2D eigenvalue weighted by atomic mass is 10.2. The van der Waals surface area contributed by atoms with Gasteiger partial charge in [-0.25, -0.2) is 13.4 Å². The van der Waals surface area contributed by atoms with Crippen molar-refractivity contribution in [2.24, 2.45) is 0 Å². The predicted octanol–water partition coefficient (Wildman–Crippen LogP) is 2.12. The quantitative estimate of drug-likeness (QED) is 0.834. The van der Waals surface area contributed by atoms with E-state index in [0.29, 0.717) is 5.01 Å². The second-order valence-electron chi connectivity index (χ2n) is 4.67. The second-order valence-corrected chi connectivity index (χ2v) is 8.07. The zero-order valence-electron chi connectivity index (χ0n) is 12.0. The van der Waals surface area contributed by atoms with Gasteiger partial charge >= 0.3 is 5.97 Å². The minimum Gasteiger partial charge on any atom is -0.481 e. The summed E-state index contributed by atoms with van der Waals surface area (Å²) >= 11 is 1.08. The van der Waals surface area contributed by atoms with Crippen LogP contribution in [-0.4, -0.2) is 35.3 Å². The summed E-state index contributed by atoms with van der Waals surface area (Å²) in [6.45, 7) is 1.78. The van der Waals surface area contributed by atoms with E-state index in [-0.39, 0.29) is 23.7 Å². The lowest BCUT2D eigenvalue weighted by Gasteiger charge is -2.20. The third-order valence-electron chi connectivity index (χ3n) is 2.97. The average Bonchev–Trinajstić information content (AvgIpc) is 2.91. The number of aryl methyl sites for hydroxylation is 1. The molecule has 0 aliphatic heterocycles. The Labute approximate surface area is 133 Å². The Balaban J connectivity index is 2.28. The molecule has 2 rings (SSSR count). The van der Waals surface area contributed by atoms with Crippen molar-refractivity contribution in [1.29, 1.82) is 0 Å². The maximum atomic E-state index is 12.7. The number of hydrogen-bond donors (Lipinski definition) is 1. The maximum absolute atomic E-state index is 12.7. The zero-order valence-corrected chi connectivity index (χ0v) is 13.6. The Morgan fingerprint density at radius 1 is 1.32 bits per heavy atom. The summed E-state index contributed by atoms with van der Waals surface area (Å²) in [5.74, 6) is -1.03. The highest BCUT2D eigenvalue weighted by Gasteiger charge is 2.27. The predicted molar refractivity (Wildman–Crippen MR) is 83.1 cm³/mol. The van der Waals surface area contributed by atoms with Crippen LogP contribution in [0.5, 0.6) is 0 Å². The summed E-state index contributed by atoms with van der Waals surface area (Å²) in [7, 11) is -3.75. The van der Waals surface area contributed by atoms with Gasteiger partial charge in [-0.05, 0) is 12.5 Å². The Bertz CT molecular complexity index is 741. The van der Waals surface area contributed by atoms with E-state index in [1.165, 1.54) is 10.5 Å². The first-order chi connectivity index (χ1) is 10.4. The summed E-state index contributed by atoms with van der Waals surface area (Å²) in [4.78, 5) is 14.8. The fraction of sp³-hybridized carbons (Fsp3) is 0.286. The number of rotatable bonds is 7. The molecule has 0 spiro atoms. The molecule has 2 aromatic rings. The van der Waals surface area contributed by atoms with E-state index in [1.54, 1.807) is 19.1 Å². The number of benzene rings is 1. The van der Waals surface area contributed by atoms with Gasteiger partial charge in [0.1, 0.15) is 0 Å². The second kappa shape index (κ2) is 6.99. The van der Waals surface area contributed by atoms with Crippen LogP contribution in [0, 0.1) is 6.92 Å². The topological polar surface area (TPSA) is 87.6 Å². The number of carboxylic acids is 1. The molecule has 22 heavy (non-hydrogen) atoms. The first-order valence-corrected chi connectivity index (χ1v) is 8.83. The van der Waals surface area contributed by atoms with E-state index in [0.717, 1.165) is 16.9 Å². The molecule has 118 valence electrons. The average molecular weight is 340 g/mol. The molecule has 0 atom stereocenters. The van der Waals surface area contributed by atoms with Gasteiger partial charge in [0.25, 0.3) is 10.0 Å². The van der Waals surface area contributed by atoms with E-state index < -0.39 is 16.0 Å². The highest BCUT2D eigenvalue weighted by molar-refractivity contribution is 7.91. The van der Waals surface area contributed by atoms with Crippen molar-refractivity contribution in [3.63, 3.8) is 0 Å². The monoisotopic (exact) mass is 340 g/mol. The number of aliphatic carboxylic acids is 1. The molecule has 1 aromatic carbocycles. The van der Waals surface area contributed by atoms with E-state index in [2.05, 4.69) is 4.98 Å². The third kappa shape index (κ3) is 4.12. The Kier molecular flexibility index (Phi) is 5.28. The lowest BCUT2D eigenvalue weighted by Crippen LogP contribution is -2.32. The molecular formula is C14H16N2O4S2. The van der Waals surface area contributed by atoms with Gasteiger partial charge in [0.2, 0.25) is 0 Å². The number of sulfonamides is 1. The molecule has 1 heterocycles. The van der Waals surface area contributed by atoms with Crippen LogP contribution < -0.4 is 0 Å². The van der Waals surface area contributed by atoms with Crippen LogP contribution in [-0.2, 0) is 21.4 Å². The van der Waals surface area contributed by atoms with E-state index >= 15 is 0 Å². The summed E-state index contributed by atoms with van der Waals surface area (Å²) in [6, 6.07) is 9.08. The lowest BCUT2D eigenvalue weighted by molar-refractivity contribution is -0.137. The summed E-state index contributed by atoms with van der Waals surface area (Å²) in [5, 5.41) is 9.49. The number of carbonyl (C=O) groups is 1. The standard InChI is InChI=1S/C14H16N2O4S2/c1-11-15-9-14(21-11)22(19,20)16(8-7-13(17)18)10-12-5-3-2-4-6-12/h2-6,9H,7-8,10H2,1H3,(H,17,18). The van der Waals surface area contributed by atoms with Crippen molar-refractivity contribution in [3.8, 4) is 0 Å². The smallest absolute Gasteiger partial charge is 0.304 e. The molecule has 0 unspecified atom stereocenters. The zero-order chi connectivity index (χ0) is 16.2. The van der Waals surface area contributed by atoms with Crippen LogP contribution in [0.25, 0.3) is 0 Å². The molecule has 0 aliphatic carbocycles. The fourth-order valence-corrected chi connectivity index (χ4v) is 4.57. The molecule has 0 saturated carbocycles. The fourth-order valence-electron chi connectivity index (χ4n) is 1.88. The molecule has 1 N–H and O–H groups in total. The molecule has 0 aliphatic rings. The summed E-state index contributed by atoms with van der Waals surface area (Å²) in [5.41, 5.74) is 0.803. The van der Waals surface area contributed by atoms with Gasteiger partial charge in [0.15, 0.2) is 4.21 Å². The molecule has 0 amide bonds. The molecular weight excluding hydrogens is 324 g/mol. The molecule has 0 saturated heterocycles. The number of carboxylic acid groups (broad SMARTS) is 1. The number of hydrogen-bond acceptors (Lipinski definition) is 5. The molecule has 8 heteroatoms. The van der Waals surface area contributed by atoms with Crippen molar-refractivity contribution >= 4 is 27.3 Å². The molecule has 6 nitrogen and oxygen atoms in total. The first-order valence-electron chi connectivity index (χ1n) is 6.58. The number of aromatic nitrogens is 1. The van der Waals surface area contributed by atoms with Gasteiger partial charge in [-0.1, -0.05) is 30.3 Å². The van der Waals surface area contributed by atoms with Gasteiger partial charge < -0.3 is 5.11 Å². The highest BCUT2D eigenvalue weighted by atomic mass is 32.2.